The molecule has 0 aromatic heterocycles. The Morgan fingerprint density at radius 1 is 1.27 bits per heavy atom. The van der Waals surface area contributed by atoms with Crippen LogP contribution in [-0.2, 0) is 11.3 Å². The van der Waals surface area contributed by atoms with Crippen molar-refractivity contribution in [3.05, 3.63) is 23.8 Å². The Morgan fingerprint density at radius 3 is 2.91 bits per heavy atom. The highest BCUT2D eigenvalue weighted by Crippen LogP contribution is 2.27. The average Bonchev–Trinajstić information content (AvgIpc) is 2.73. The van der Waals surface area contributed by atoms with Gasteiger partial charge in [0.05, 0.1) is 0 Å². The van der Waals surface area contributed by atoms with Crippen LogP contribution in [0.2, 0.25) is 0 Å². The molecule has 0 spiro atoms. The van der Waals surface area contributed by atoms with Crippen LogP contribution < -0.4 is 15.4 Å². The highest BCUT2D eigenvalue weighted by Gasteiger charge is 2.17. The largest absolute Gasteiger partial charge is 0.492 e. The number of carbonyl (C=O) groups is 1. The molecule has 1 saturated carbocycles. The molecule has 1 heterocycles. The topological polar surface area (TPSA) is 50.4 Å². The number of hydrogen-bond donors (Lipinski definition) is 2. The van der Waals surface area contributed by atoms with Gasteiger partial charge >= 0.3 is 0 Å². The molecule has 5 heteroatoms. The predicted molar refractivity (Wildman–Crippen MR) is 90.7 cm³/mol. The van der Waals surface area contributed by atoms with E-state index in [0.29, 0.717) is 18.9 Å². The summed E-state index contributed by atoms with van der Waals surface area (Å²) in [6.07, 6.45) is 6.95. The maximum absolute atomic E-state index is 12.2. The van der Waals surface area contributed by atoms with Gasteiger partial charge in [0.25, 0.3) is 0 Å². The van der Waals surface area contributed by atoms with Crippen molar-refractivity contribution < 1.29 is 9.53 Å². The van der Waals surface area contributed by atoms with E-state index in [9.17, 15) is 4.79 Å². The quantitative estimate of drug-likeness (QED) is 0.894. The van der Waals surface area contributed by atoms with Gasteiger partial charge in [-0.05, 0) is 37.0 Å². The van der Waals surface area contributed by atoms with Crippen LogP contribution in [0.25, 0.3) is 0 Å². The van der Waals surface area contributed by atoms with E-state index in [1.54, 1.807) is 0 Å². The maximum Gasteiger partial charge on any atom is 0.224 e. The van der Waals surface area contributed by atoms with Gasteiger partial charge in [-0.3, -0.25) is 4.79 Å². The fourth-order valence-electron chi connectivity index (χ4n) is 3.26. The summed E-state index contributed by atoms with van der Waals surface area (Å²) in [5.74, 6) is 1.64. The minimum absolute atomic E-state index is 0. The molecule has 4 nitrogen and oxygen atoms in total. The van der Waals surface area contributed by atoms with Gasteiger partial charge in [-0.15, -0.1) is 12.4 Å². The molecule has 2 N–H and O–H groups in total. The fraction of sp³-hybridized carbons (Fsp3) is 0.588. The zero-order valence-electron chi connectivity index (χ0n) is 12.9. The van der Waals surface area contributed by atoms with Gasteiger partial charge in [0.1, 0.15) is 12.4 Å². The third-order valence-corrected chi connectivity index (χ3v) is 4.39. The van der Waals surface area contributed by atoms with Crippen molar-refractivity contribution in [3.63, 3.8) is 0 Å². The van der Waals surface area contributed by atoms with Crippen molar-refractivity contribution in [1.29, 1.82) is 0 Å². The lowest BCUT2D eigenvalue weighted by atomic mass is 9.87. The van der Waals surface area contributed by atoms with Crippen LogP contribution in [0.3, 0.4) is 0 Å². The Labute approximate surface area is 138 Å². The van der Waals surface area contributed by atoms with E-state index >= 15 is 0 Å². The standard InChI is InChI=1S/C17H24N2O2.ClH/c20-17(10-13-4-2-1-3-5-13)19-15-6-7-16-14(11-15)12-18-8-9-21-16;/h6-7,11,13,18H,1-5,8-10,12H2,(H,19,20);1H. The van der Waals surface area contributed by atoms with Gasteiger partial charge in [-0.1, -0.05) is 19.3 Å². The minimum Gasteiger partial charge on any atom is -0.492 e. The van der Waals surface area contributed by atoms with E-state index in [4.69, 9.17) is 4.74 Å². The number of halogens is 1. The number of hydrogen-bond acceptors (Lipinski definition) is 3. The summed E-state index contributed by atoms with van der Waals surface area (Å²) in [7, 11) is 0. The summed E-state index contributed by atoms with van der Waals surface area (Å²) in [5.41, 5.74) is 1.99. The lowest BCUT2D eigenvalue weighted by Gasteiger charge is -2.21. The third kappa shape index (κ3) is 4.62. The molecule has 0 saturated heterocycles. The van der Waals surface area contributed by atoms with Crippen molar-refractivity contribution in [1.82, 2.24) is 5.32 Å². The normalized spacial score (nSPS) is 18.4. The summed E-state index contributed by atoms with van der Waals surface area (Å²) in [4.78, 5) is 12.2. The van der Waals surface area contributed by atoms with Crippen LogP contribution in [0, 0.1) is 5.92 Å². The molecular formula is C17H25ClN2O2. The van der Waals surface area contributed by atoms with Crippen LogP contribution in [-0.4, -0.2) is 19.1 Å². The number of nitrogens with one attached hydrogen (secondary N) is 2. The first-order valence-electron chi connectivity index (χ1n) is 8.07. The molecule has 1 amide bonds. The summed E-state index contributed by atoms with van der Waals surface area (Å²) >= 11 is 0. The highest BCUT2D eigenvalue weighted by atomic mass is 35.5. The fourth-order valence-corrected chi connectivity index (χ4v) is 3.26. The first-order chi connectivity index (χ1) is 10.3. The Morgan fingerprint density at radius 2 is 2.09 bits per heavy atom. The number of ether oxygens (including phenoxy) is 1. The van der Waals surface area contributed by atoms with Crippen molar-refractivity contribution in [3.8, 4) is 5.75 Å². The average molecular weight is 325 g/mol. The molecule has 22 heavy (non-hydrogen) atoms. The predicted octanol–water partition coefficient (Wildman–Crippen LogP) is 3.50. The van der Waals surface area contributed by atoms with E-state index < -0.39 is 0 Å². The molecule has 1 aromatic carbocycles. The molecule has 122 valence electrons. The van der Waals surface area contributed by atoms with E-state index in [-0.39, 0.29) is 18.3 Å². The Hall–Kier alpha value is -1.26. The summed E-state index contributed by atoms with van der Waals surface area (Å²) < 4.78 is 5.65. The van der Waals surface area contributed by atoms with E-state index in [2.05, 4.69) is 10.6 Å². The monoisotopic (exact) mass is 324 g/mol. The van der Waals surface area contributed by atoms with Crippen molar-refractivity contribution >= 4 is 24.0 Å². The van der Waals surface area contributed by atoms with Gasteiger partial charge in [0.15, 0.2) is 0 Å². The molecule has 0 atom stereocenters. The van der Waals surface area contributed by atoms with Crippen LogP contribution in [0.15, 0.2) is 18.2 Å². The second-order valence-corrected chi connectivity index (χ2v) is 6.10. The number of benzene rings is 1. The molecule has 2 aliphatic rings. The van der Waals surface area contributed by atoms with E-state index in [1.165, 1.54) is 32.1 Å². The van der Waals surface area contributed by atoms with Crippen molar-refractivity contribution in [2.75, 3.05) is 18.5 Å². The second-order valence-electron chi connectivity index (χ2n) is 6.10. The van der Waals surface area contributed by atoms with Crippen LogP contribution in [0.4, 0.5) is 5.69 Å². The van der Waals surface area contributed by atoms with Crippen molar-refractivity contribution in [2.24, 2.45) is 5.92 Å². The molecule has 1 aliphatic carbocycles. The molecular weight excluding hydrogens is 300 g/mol. The van der Waals surface area contributed by atoms with E-state index in [1.807, 2.05) is 18.2 Å². The number of carbonyl (C=O) groups excluding carboxylic acids is 1. The number of fused-ring (bicyclic) bond motifs is 1. The van der Waals surface area contributed by atoms with Gasteiger partial charge < -0.3 is 15.4 Å². The zero-order valence-corrected chi connectivity index (χ0v) is 13.7. The summed E-state index contributed by atoms with van der Waals surface area (Å²) in [6.45, 7) is 2.35. The minimum atomic E-state index is 0. The number of rotatable bonds is 3. The van der Waals surface area contributed by atoms with Crippen LogP contribution >= 0.6 is 12.4 Å². The third-order valence-electron chi connectivity index (χ3n) is 4.39. The number of anilines is 1. The van der Waals surface area contributed by atoms with Gasteiger partial charge in [0.2, 0.25) is 5.91 Å². The molecule has 1 fully saturated rings. The van der Waals surface area contributed by atoms with Gasteiger partial charge in [-0.25, -0.2) is 0 Å². The van der Waals surface area contributed by atoms with Crippen LogP contribution in [0.5, 0.6) is 5.75 Å². The second kappa shape index (κ2) is 8.39. The zero-order chi connectivity index (χ0) is 14.5. The Balaban J connectivity index is 0.00000176. The summed E-state index contributed by atoms with van der Waals surface area (Å²) in [6, 6.07) is 5.91. The van der Waals surface area contributed by atoms with Crippen molar-refractivity contribution in [2.45, 2.75) is 45.1 Å². The number of amides is 1. The molecule has 1 aromatic rings. The van der Waals surface area contributed by atoms with Gasteiger partial charge in [0, 0.05) is 30.8 Å². The Kier molecular flexibility index (Phi) is 6.52. The lowest BCUT2D eigenvalue weighted by molar-refractivity contribution is -0.117. The highest BCUT2D eigenvalue weighted by molar-refractivity contribution is 5.91. The van der Waals surface area contributed by atoms with E-state index in [0.717, 1.165) is 30.1 Å². The van der Waals surface area contributed by atoms with Gasteiger partial charge in [-0.2, -0.15) is 0 Å². The molecule has 0 bridgehead atoms. The molecule has 1 aliphatic heterocycles. The summed E-state index contributed by atoms with van der Waals surface area (Å²) in [5, 5.41) is 6.35. The maximum atomic E-state index is 12.2. The first-order valence-corrected chi connectivity index (χ1v) is 8.07. The van der Waals surface area contributed by atoms with Crippen LogP contribution in [0.1, 0.15) is 44.1 Å². The molecule has 3 rings (SSSR count). The first kappa shape index (κ1) is 17.1. The smallest absolute Gasteiger partial charge is 0.224 e. The molecule has 0 radical (unpaired) electrons. The molecule has 0 unspecified atom stereocenters. The lowest BCUT2D eigenvalue weighted by Crippen LogP contribution is -2.18. The SMILES string of the molecule is Cl.O=C(CC1CCCCC1)Nc1ccc2c(c1)CNCCO2. The Bertz CT molecular complexity index is 501.